The second-order valence-electron chi connectivity index (χ2n) is 6.56. The molecule has 0 fully saturated rings. The fourth-order valence-corrected chi connectivity index (χ4v) is 3.20. The van der Waals surface area contributed by atoms with Crippen molar-refractivity contribution in [2.45, 2.75) is 25.8 Å². The maximum atomic E-state index is 12.9. The lowest BCUT2D eigenvalue weighted by atomic mass is 9.89. The predicted octanol–water partition coefficient (Wildman–Crippen LogP) is 2.27. The van der Waals surface area contributed by atoms with E-state index in [1.807, 2.05) is 31.2 Å². The number of fused-ring (bicyclic) bond motifs is 1. The van der Waals surface area contributed by atoms with E-state index in [0.29, 0.717) is 11.1 Å². The van der Waals surface area contributed by atoms with Gasteiger partial charge in [0.2, 0.25) is 0 Å². The van der Waals surface area contributed by atoms with Crippen LogP contribution in [0.15, 0.2) is 48.5 Å². The number of hydrogen-bond acceptors (Lipinski definition) is 4. The molecule has 134 valence electrons. The van der Waals surface area contributed by atoms with Crippen molar-refractivity contribution in [1.29, 1.82) is 0 Å². The quantitative estimate of drug-likeness (QED) is 0.662. The van der Waals surface area contributed by atoms with Crippen molar-refractivity contribution in [3.05, 3.63) is 70.8 Å². The second-order valence-corrected chi connectivity index (χ2v) is 6.56. The number of amides is 3. The SMILES string of the molecule is CONC(=O)C(C)(Cc1ccc(C)cc1)N1C(=O)c2ccccc2C1=O. The Morgan fingerprint density at radius 1 is 1.04 bits per heavy atom. The molecule has 3 rings (SSSR count). The summed E-state index contributed by atoms with van der Waals surface area (Å²) >= 11 is 0. The van der Waals surface area contributed by atoms with Gasteiger partial charge in [0.05, 0.1) is 18.2 Å². The van der Waals surface area contributed by atoms with Crippen molar-refractivity contribution in [1.82, 2.24) is 10.4 Å². The highest BCUT2D eigenvalue weighted by Gasteiger charge is 2.50. The van der Waals surface area contributed by atoms with Gasteiger partial charge in [0.25, 0.3) is 17.7 Å². The molecule has 1 atom stereocenters. The molecule has 0 bridgehead atoms. The van der Waals surface area contributed by atoms with E-state index >= 15 is 0 Å². The first-order valence-corrected chi connectivity index (χ1v) is 8.25. The topological polar surface area (TPSA) is 75.7 Å². The molecule has 0 aliphatic carbocycles. The van der Waals surface area contributed by atoms with Crippen LogP contribution in [0.5, 0.6) is 0 Å². The zero-order valence-electron chi connectivity index (χ0n) is 14.9. The van der Waals surface area contributed by atoms with Crippen molar-refractivity contribution in [3.8, 4) is 0 Å². The number of carbonyl (C=O) groups excluding carboxylic acids is 3. The molecule has 1 N–H and O–H groups in total. The first-order valence-electron chi connectivity index (χ1n) is 8.25. The molecule has 0 spiro atoms. The van der Waals surface area contributed by atoms with Gasteiger partial charge >= 0.3 is 0 Å². The minimum Gasteiger partial charge on any atom is -0.277 e. The van der Waals surface area contributed by atoms with Crippen LogP contribution in [-0.2, 0) is 16.1 Å². The molecule has 1 aliphatic heterocycles. The fraction of sp³-hybridized carbons (Fsp3) is 0.250. The Morgan fingerprint density at radius 2 is 1.58 bits per heavy atom. The number of imide groups is 1. The van der Waals surface area contributed by atoms with E-state index in [9.17, 15) is 14.4 Å². The number of nitrogens with zero attached hydrogens (tertiary/aromatic N) is 1. The smallest absolute Gasteiger partial charge is 0.270 e. The van der Waals surface area contributed by atoms with E-state index in [-0.39, 0.29) is 6.42 Å². The summed E-state index contributed by atoms with van der Waals surface area (Å²) < 4.78 is 0. The van der Waals surface area contributed by atoms with Crippen molar-refractivity contribution in [2.75, 3.05) is 7.11 Å². The summed E-state index contributed by atoms with van der Waals surface area (Å²) in [5, 5.41) is 0. The predicted molar refractivity (Wildman–Crippen MR) is 95.4 cm³/mol. The van der Waals surface area contributed by atoms with Crippen molar-refractivity contribution in [3.63, 3.8) is 0 Å². The average molecular weight is 352 g/mol. The van der Waals surface area contributed by atoms with Gasteiger partial charge in [-0.3, -0.25) is 24.1 Å². The van der Waals surface area contributed by atoms with Crippen LogP contribution in [0.3, 0.4) is 0 Å². The highest BCUT2D eigenvalue weighted by Crippen LogP contribution is 2.32. The molecule has 0 saturated carbocycles. The second kappa shape index (κ2) is 6.72. The van der Waals surface area contributed by atoms with Gasteiger partial charge in [0.1, 0.15) is 5.54 Å². The number of benzene rings is 2. The van der Waals surface area contributed by atoms with Crippen molar-refractivity contribution < 1.29 is 19.2 Å². The number of hydrogen-bond donors (Lipinski definition) is 1. The third-order valence-electron chi connectivity index (χ3n) is 4.64. The fourth-order valence-electron chi connectivity index (χ4n) is 3.20. The molecule has 2 aromatic rings. The zero-order valence-corrected chi connectivity index (χ0v) is 14.9. The molecular formula is C20H20N2O4. The summed E-state index contributed by atoms with van der Waals surface area (Å²) in [5.41, 5.74) is 3.37. The summed E-state index contributed by atoms with van der Waals surface area (Å²) in [6, 6.07) is 14.2. The Bertz CT molecular complexity index is 841. The standard InChI is InChI=1S/C20H20N2O4/c1-13-8-10-14(11-9-13)12-20(2,19(25)21-26-3)22-17(23)15-6-4-5-7-16(15)18(22)24/h4-11H,12H2,1-3H3,(H,21,25). The summed E-state index contributed by atoms with van der Waals surface area (Å²) in [6.45, 7) is 3.54. The van der Waals surface area contributed by atoms with E-state index in [4.69, 9.17) is 4.84 Å². The lowest BCUT2D eigenvalue weighted by Crippen LogP contribution is -2.60. The first-order chi connectivity index (χ1) is 12.4. The number of rotatable bonds is 5. The Kier molecular flexibility index (Phi) is 4.61. The number of hydroxylamine groups is 1. The van der Waals surface area contributed by atoms with E-state index in [1.54, 1.807) is 31.2 Å². The van der Waals surface area contributed by atoms with Gasteiger partial charge in [-0.05, 0) is 31.5 Å². The van der Waals surface area contributed by atoms with E-state index in [0.717, 1.165) is 16.0 Å². The van der Waals surface area contributed by atoms with Crippen LogP contribution in [-0.4, -0.2) is 35.3 Å². The van der Waals surface area contributed by atoms with Gasteiger partial charge < -0.3 is 0 Å². The van der Waals surface area contributed by atoms with Crippen LogP contribution >= 0.6 is 0 Å². The van der Waals surface area contributed by atoms with Crippen LogP contribution in [0.25, 0.3) is 0 Å². The van der Waals surface area contributed by atoms with Crippen LogP contribution in [0.4, 0.5) is 0 Å². The van der Waals surface area contributed by atoms with Gasteiger partial charge in [0, 0.05) is 6.42 Å². The first kappa shape index (κ1) is 17.8. The Labute approximate surface area is 151 Å². The maximum Gasteiger partial charge on any atom is 0.270 e. The lowest BCUT2D eigenvalue weighted by molar-refractivity contribution is -0.140. The monoisotopic (exact) mass is 352 g/mol. The van der Waals surface area contributed by atoms with E-state index in [2.05, 4.69) is 5.48 Å². The van der Waals surface area contributed by atoms with Crippen LogP contribution in [0.1, 0.15) is 38.8 Å². The minimum absolute atomic E-state index is 0.175. The maximum absolute atomic E-state index is 12.9. The number of carbonyl (C=O) groups is 3. The molecule has 0 radical (unpaired) electrons. The Hall–Kier alpha value is -2.99. The van der Waals surface area contributed by atoms with Crippen molar-refractivity contribution in [2.24, 2.45) is 0 Å². The van der Waals surface area contributed by atoms with Gasteiger partial charge in [-0.15, -0.1) is 0 Å². The molecule has 1 unspecified atom stereocenters. The summed E-state index contributed by atoms with van der Waals surface area (Å²) in [4.78, 5) is 44.4. The van der Waals surface area contributed by atoms with E-state index < -0.39 is 23.3 Å². The molecule has 6 nitrogen and oxygen atoms in total. The Balaban J connectivity index is 2.04. The molecule has 6 heteroatoms. The van der Waals surface area contributed by atoms with Gasteiger partial charge in [-0.25, -0.2) is 5.48 Å². The highest BCUT2D eigenvalue weighted by molar-refractivity contribution is 6.23. The van der Waals surface area contributed by atoms with Gasteiger partial charge in [-0.1, -0.05) is 42.0 Å². The normalized spacial score (nSPS) is 15.6. The molecule has 0 aromatic heterocycles. The van der Waals surface area contributed by atoms with Crippen LogP contribution in [0.2, 0.25) is 0 Å². The molecule has 3 amide bonds. The zero-order chi connectivity index (χ0) is 18.9. The average Bonchev–Trinajstić information content (AvgIpc) is 2.89. The molecule has 26 heavy (non-hydrogen) atoms. The molecule has 1 aliphatic rings. The number of nitrogens with one attached hydrogen (secondary N) is 1. The van der Waals surface area contributed by atoms with Gasteiger partial charge in [0.15, 0.2) is 0 Å². The summed E-state index contributed by atoms with van der Waals surface area (Å²) in [7, 11) is 1.31. The van der Waals surface area contributed by atoms with Crippen LogP contribution < -0.4 is 5.48 Å². The molecule has 2 aromatic carbocycles. The largest absolute Gasteiger partial charge is 0.277 e. The lowest BCUT2D eigenvalue weighted by Gasteiger charge is -2.35. The summed E-state index contributed by atoms with van der Waals surface area (Å²) in [6.07, 6.45) is 0.175. The third-order valence-corrected chi connectivity index (χ3v) is 4.64. The molecule has 0 saturated heterocycles. The molecular weight excluding hydrogens is 332 g/mol. The van der Waals surface area contributed by atoms with Crippen LogP contribution in [0, 0.1) is 6.92 Å². The van der Waals surface area contributed by atoms with E-state index in [1.165, 1.54) is 7.11 Å². The highest BCUT2D eigenvalue weighted by atomic mass is 16.6. The third kappa shape index (κ3) is 2.88. The van der Waals surface area contributed by atoms with Gasteiger partial charge in [-0.2, -0.15) is 0 Å². The summed E-state index contributed by atoms with van der Waals surface area (Å²) in [5.74, 6) is -1.52. The van der Waals surface area contributed by atoms with Crippen molar-refractivity contribution >= 4 is 17.7 Å². The number of aryl methyl sites for hydroxylation is 1. The Morgan fingerprint density at radius 3 is 2.08 bits per heavy atom. The molecule has 1 heterocycles. The minimum atomic E-state index is -1.43.